The molecule has 0 spiro atoms. The van der Waals surface area contributed by atoms with Crippen LogP contribution in [0.2, 0.25) is 0 Å². The van der Waals surface area contributed by atoms with E-state index in [0.717, 1.165) is 28.4 Å². The highest BCUT2D eigenvalue weighted by Gasteiger charge is 2.14. The molecule has 0 aliphatic rings. The first kappa shape index (κ1) is 14.2. The number of hydrogen-bond acceptors (Lipinski definition) is 2. The van der Waals surface area contributed by atoms with E-state index < -0.39 is 0 Å². The second kappa shape index (κ2) is 6.35. The predicted octanol–water partition coefficient (Wildman–Crippen LogP) is 5.69. The average Bonchev–Trinajstić information content (AvgIpc) is 2.56. The van der Waals surface area contributed by atoms with Gasteiger partial charge in [0.05, 0.1) is 0 Å². The Labute approximate surface area is 131 Å². The van der Waals surface area contributed by atoms with Crippen molar-refractivity contribution in [3.63, 3.8) is 0 Å². The van der Waals surface area contributed by atoms with Crippen LogP contribution in [0.3, 0.4) is 0 Å². The smallest absolute Gasteiger partial charge is 0.173 e. The average molecular weight is 289 g/mol. The van der Waals surface area contributed by atoms with E-state index in [1.807, 2.05) is 80.6 Å². The molecule has 0 fully saturated rings. The van der Waals surface area contributed by atoms with Crippen LogP contribution in [-0.4, -0.2) is 0 Å². The third-order valence-electron chi connectivity index (χ3n) is 3.34. The molecule has 0 N–H and O–H groups in total. The van der Waals surface area contributed by atoms with Gasteiger partial charge in [0.1, 0.15) is 11.5 Å². The lowest BCUT2D eigenvalue weighted by atomic mass is 10.1. The first-order chi connectivity index (χ1) is 10.7. The lowest BCUT2D eigenvalue weighted by molar-refractivity contribution is 0.414. The Kier molecular flexibility index (Phi) is 4.10. The molecule has 3 aromatic rings. The Hall–Kier alpha value is -2.74. The van der Waals surface area contributed by atoms with Crippen LogP contribution < -0.4 is 9.47 Å². The van der Waals surface area contributed by atoms with E-state index in [4.69, 9.17) is 9.47 Å². The van der Waals surface area contributed by atoms with Crippen LogP contribution >= 0.6 is 0 Å². The van der Waals surface area contributed by atoms with Crippen molar-refractivity contribution in [3.05, 3.63) is 83.9 Å². The van der Waals surface area contributed by atoms with E-state index >= 15 is 0 Å². The van der Waals surface area contributed by atoms with Crippen LogP contribution in [0, 0.1) is 19.9 Å². The summed E-state index contributed by atoms with van der Waals surface area (Å²) in [5.74, 6) is 3.00. The summed E-state index contributed by atoms with van der Waals surface area (Å²) in [5, 5.41) is 0. The van der Waals surface area contributed by atoms with Crippen molar-refractivity contribution >= 4 is 0 Å². The van der Waals surface area contributed by atoms with Gasteiger partial charge in [-0.1, -0.05) is 36.4 Å². The van der Waals surface area contributed by atoms with E-state index in [9.17, 15) is 0 Å². The third kappa shape index (κ3) is 3.12. The lowest BCUT2D eigenvalue weighted by Gasteiger charge is -2.16. The van der Waals surface area contributed by atoms with E-state index in [1.54, 1.807) is 0 Å². The van der Waals surface area contributed by atoms with Gasteiger partial charge >= 0.3 is 0 Å². The molecule has 2 heteroatoms. The van der Waals surface area contributed by atoms with Crippen LogP contribution in [0.25, 0.3) is 0 Å². The number of aryl methyl sites for hydroxylation is 2. The first-order valence-corrected chi connectivity index (χ1v) is 7.22. The largest absolute Gasteiger partial charge is 0.453 e. The zero-order valence-corrected chi connectivity index (χ0v) is 12.7. The Balaban J connectivity index is 1.99. The molecule has 2 nitrogen and oxygen atoms in total. The normalized spacial score (nSPS) is 10.3. The Bertz CT molecular complexity index is 683. The van der Waals surface area contributed by atoms with Gasteiger partial charge in [-0.15, -0.1) is 0 Å². The van der Waals surface area contributed by atoms with Crippen molar-refractivity contribution in [1.82, 2.24) is 0 Å². The SMILES string of the molecule is Cc1[c]cc(C)c(Oc2ccccc2)c1Oc1ccccc1. The van der Waals surface area contributed by atoms with Crippen molar-refractivity contribution < 1.29 is 9.47 Å². The van der Waals surface area contributed by atoms with Gasteiger partial charge in [-0.2, -0.15) is 0 Å². The topological polar surface area (TPSA) is 18.5 Å². The standard InChI is InChI=1S/C20H17O2/c1-15-13-14-16(2)20(22-18-11-7-4-8-12-18)19(15)21-17-9-5-3-6-10-17/h3-13H,1-2H3. The fraction of sp³-hybridized carbons (Fsp3) is 0.100. The van der Waals surface area contributed by atoms with Crippen LogP contribution in [0.1, 0.15) is 11.1 Å². The molecule has 0 aliphatic carbocycles. The fourth-order valence-corrected chi connectivity index (χ4v) is 2.16. The van der Waals surface area contributed by atoms with E-state index in [-0.39, 0.29) is 0 Å². The second-order valence-electron chi connectivity index (χ2n) is 5.09. The van der Waals surface area contributed by atoms with Crippen molar-refractivity contribution in [2.75, 3.05) is 0 Å². The molecular formula is C20H17O2. The molecule has 0 bridgehead atoms. The molecule has 3 rings (SSSR count). The minimum absolute atomic E-state index is 0.704. The molecule has 0 aliphatic heterocycles. The van der Waals surface area contributed by atoms with Gasteiger partial charge in [0, 0.05) is 5.56 Å². The molecule has 22 heavy (non-hydrogen) atoms. The molecule has 109 valence electrons. The Morgan fingerprint density at radius 2 is 1.18 bits per heavy atom. The van der Waals surface area contributed by atoms with E-state index in [0.29, 0.717) is 5.75 Å². The van der Waals surface area contributed by atoms with Crippen LogP contribution in [-0.2, 0) is 0 Å². The van der Waals surface area contributed by atoms with Gasteiger partial charge in [-0.25, -0.2) is 0 Å². The Morgan fingerprint density at radius 3 is 1.73 bits per heavy atom. The Morgan fingerprint density at radius 1 is 0.682 bits per heavy atom. The molecule has 0 unspecified atom stereocenters. The van der Waals surface area contributed by atoms with E-state index in [1.165, 1.54) is 0 Å². The molecule has 0 aromatic heterocycles. The summed E-state index contributed by atoms with van der Waals surface area (Å²) in [6, 6.07) is 24.6. The first-order valence-electron chi connectivity index (χ1n) is 7.22. The number of hydrogen-bond donors (Lipinski definition) is 0. The summed E-state index contributed by atoms with van der Waals surface area (Å²) < 4.78 is 12.1. The minimum Gasteiger partial charge on any atom is -0.453 e. The summed E-state index contributed by atoms with van der Waals surface area (Å²) in [4.78, 5) is 0. The summed E-state index contributed by atoms with van der Waals surface area (Å²) in [6.07, 6.45) is 0. The molecule has 0 amide bonds. The van der Waals surface area contributed by atoms with Gasteiger partial charge in [0.25, 0.3) is 0 Å². The molecule has 0 saturated carbocycles. The summed E-state index contributed by atoms with van der Waals surface area (Å²) in [5.41, 5.74) is 1.90. The fourth-order valence-electron chi connectivity index (χ4n) is 2.16. The highest BCUT2D eigenvalue weighted by Crippen LogP contribution is 2.39. The molecule has 3 aromatic carbocycles. The second-order valence-corrected chi connectivity index (χ2v) is 5.09. The van der Waals surface area contributed by atoms with Crippen LogP contribution in [0.15, 0.2) is 66.7 Å². The number of benzene rings is 3. The zero-order valence-electron chi connectivity index (χ0n) is 12.7. The molecular weight excluding hydrogens is 272 g/mol. The maximum atomic E-state index is 6.05. The highest BCUT2D eigenvalue weighted by molar-refractivity contribution is 5.53. The summed E-state index contributed by atoms with van der Waals surface area (Å²) in [7, 11) is 0. The maximum Gasteiger partial charge on any atom is 0.173 e. The van der Waals surface area contributed by atoms with Crippen LogP contribution in [0.4, 0.5) is 0 Å². The molecule has 0 atom stereocenters. The van der Waals surface area contributed by atoms with Gasteiger partial charge in [0.15, 0.2) is 11.5 Å². The number of para-hydroxylation sites is 2. The number of rotatable bonds is 4. The molecule has 0 saturated heterocycles. The number of ether oxygens (including phenoxy) is 2. The zero-order chi connectivity index (χ0) is 15.4. The quantitative estimate of drug-likeness (QED) is 0.614. The van der Waals surface area contributed by atoms with Gasteiger partial charge < -0.3 is 9.47 Å². The summed E-state index contributed by atoms with van der Waals surface area (Å²) in [6.45, 7) is 3.96. The van der Waals surface area contributed by atoms with Crippen molar-refractivity contribution in [1.29, 1.82) is 0 Å². The van der Waals surface area contributed by atoms with Gasteiger partial charge in [-0.05, 0) is 55.8 Å². The lowest BCUT2D eigenvalue weighted by Crippen LogP contribution is -1.95. The molecule has 0 heterocycles. The van der Waals surface area contributed by atoms with E-state index in [2.05, 4.69) is 6.07 Å². The van der Waals surface area contributed by atoms with Crippen molar-refractivity contribution in [2.45, 2.75) is 13.8 Å². The predicted molar refractivity (Wildman–Crippen MR) is 87.8 cm³/mol. The van der Waals surface area contributed by atoms with Gasteiger partial charge in [-0.3, -0.25) is 0 Å². The third-order valence-corrected chi connectivity index (χ3v) is 3.34. The monoisotopic (exact) mass is 289 g/mol. The minimum atomic E-state index is 0.704. The van der Waals surface area contributed by atoms with Crippen molar-refractivity contribution in [2.24, 2.45) is 0 Å². The van der Waals surface area contributed by atoms with Crippen molar-refractivity contribution in [3.8, 4) is 23.0 Å². The van der Waals surface area contributed by atoms with Crippen LogP contribution in [0.5, 0.6) is 23.0 Å². The highest BCUT2D eigenvalue weighted by atomic mass is 16.5. The molecule has 1 radical (unpaired) electrons. The maximum absolute atomic E-state index is 6.05. The van der Waals surface area contributed by atoms with Gasteiger partial charge in [0.2, 0.25) is 0 Å². The summed E-state index contributed by atoms with van der Waals surface area (Å²) >= 11 is 0.